The van der Waals surface area contributed by atoms with Crippen LogP contribution in [-0.4, -0.2) is 24.0 Å². The zero-order chi connectivity index (χ0) is 16.1. The molecule has 0 bridgehead atoms. The molecular weight excluding hydrogens is 310 g/mol. The molecule has 4 nitrogen and oxygen atoms in total. The van der Waals surface area contributed by atoms with Crippen molar-refractivity contribution in [2.24, 2.45) is 0 Å². The highest BCUT2D eigenvalue weighted by molar-refractivity contribution is 6.30. The Kier molecular flexibility index (Phi) is 5.13. The minimum Gasteiger partial charge on any atom is -0.371 e. The van der Waals surface area contributed by atoms with Crippen LogP contribution in [0.2, 0.25) is 5.02 Å². The lowest BCUT2D eigenvalue weighted by Crippen LogP contribution is -2.30. The predicted octanol–water partition coefficient (Wildman–Crippen LogP) is 3.66. The van der Waals surface area contributed by atoms with E-state index in [1.165, 1.54) is 19.3 Å². The number of rotatable bonds is 4. The van der Waals surface area contributed by atoms with Crippen molar-refractivity contribution in [1.29, 1.82) is 0 Å². The number of nitrogens with zero attached hydrogens (tertiary/aromatic N) is 2. The van der Waals surface area contributed by atoms with Gasteiger partial charge in [0.2, 0.25) is 0 Å². The largest absolute Gasteiger partial charge is 0.371 e. The van der Waals surface area contributed by atoms with Crippen molar-refractivity contribution in [2.75, 3.05) is 18.0 Å². The highest BCUT2D eigenvalue weighted by atomic mass is 35.5. The third kappa shape index (κ3) is 4.23. The molecule has 0 aliphatic carbocycles. The van der Waals surface area contributed by atoms with Gasteiger partial charge in [0.05, 0.1) is 0 Å². The normalized spacial score (nSPS) is 14.6. The Morgan fingerprint density at radius 3 is 2.61 bits per heavy atom. The van der Waals surface area contributed by atoms with Crippen LogP contribution in [0.3, 0.4) is 0 Å². The summed E-state index contributed by atoms with van der Waals surface area (Å²) in [6.45, 7) is 2.57. The number of piperidine rings is 1. The summed E-state index contributed by atoms with van der Waals surface area (Å²) in [4.78, 5) is 18.8. The summed E-state index contributed by atoms with van der Waals surface area (Å²) in [5.74, 6) is -0.154. The van der Waals surface area contributed by atoms with E-state index < -0.39 is 0 Å². The summed E-state index contributed by atoms with van der Waals surface area (Å²) >= 11 is 5.86. The average molecular weight is 330 g/mol. The number of carbonyl (C=O) groups excluding carboxylic acids is 1. The molecule has 1 amide bonds. The molecule has 1 saturated heterocycles. The van der Waals surface area contributed by atoms with Crippen molar-refractivity contribution < 1.29 is 4.79 Å². The number of aromatic nitrogens is 1. The number of pyridine rings is 1. The molecule has 1 aromatic heterocycles. The average Bonchev–Trinajstić information content (AvgIpc) is 2.62. The maximum Gasteiger partial charge on any atom is 0.270 e. The Morgan fingerprint density at radius 2 is 1.87 bits per heavy atom. The Labute approximate surface area is 141 Å². The lowest BCUT2D eigenvalue weighted by molar-refractivity contribution is 0.0946. The molecule has 0 spiro atoms. The zero-order valence-electron chi connectivity index (χ0n) is 13.0. The molecule has 1 aliphatic rings. The van der Waals surface area contributed by atoms with E-state index in [1.807, 2.05) is 36.4 Å². The summed E-state index contributed by atoms with van der Waals surface area (Å²) in [5.41, 5.74) is 2.55. The molecule has 23 heavy (non-hydrogen) atoms. The fourth-order valence-corrected chi connectivity index (χ4v) is 2.89. The van der Waals surface area contributed by atoms with Crippen LogP contribution in [-0.2, 0) is 6.54 Å². The van der Waals surface area contributed by atoms with Crippen LogP contribution in [0.4, 0.5) is 5.69 Å². The van der Waals surface area contributed by atoms with Gasteiger partial charge in [-0.15, -0.1) is 0 Å². The second kappa shape index (κ2) is 7.47. The molecule has 1 aliphatic heterocycles. The van der Waals surface area contributed by atoms with Gasteiger partial charge >= 0.3 is 0 Å². The Hall–Kier alpha value is -2.07. The number of amides is 1. The summed E-state index contributed by atoms with van der Waals surface area (Å²) < 4.78 is 0. The third-order valence-electron chi connectivity index (χ3n) is 4.06. The number of hydrogen-bond donors (Lipinski definition) is 1. The molecule has 2 heterocycles. The summed E-state index contributed by atoms with van der Waals surface area (Å²) in [5, 5.41) is 3.59. The Morgan fingerprint density at radius 1 is 1.13 bits per heavy atom. The second-order valence-corrected chi connectivity index (χ2v) is 6.19. The van der Waals surface area contributed by atoms with E-state index in [2.05, 4.69) is 15.2 Å². The van der Waals surface area contributed by atoms with E-state index in [1.54, 1.807) is 6.20 Å². The van der Waals surface area contributed by atoms with Gasteiger partial charge in [0.25, 0.3) is 5.91 Å². The van der Waals surface area contributed by atoms with E-state index in [0.29, 0.717) is 17.3 Å². The minimum atomic E-state index is -0.154. The number of nitrogens with one attached hydrogen (secondary N) is 1. The molecular formula is C18H20ClN3O. The van der Waals surface area contributed by atoms with Crippen LogP contribution in [0, 0.1) is 0 Å². The smallest absolute Gasteiger partial charge is 0.270 e. The highest BCUT2D eigenvalue weighted by Gasteiger charge is 2.14. The van der Waals surface area contributed by atoms with Gasteiger partial charge in [-0.05, 0) is 49.1 Å². The van der Waals surface area contributed by atoms with Crippen molar-refractivity contribution in [3.63, 3.8) is 0 Å². The fourth-order valence-electron chi connectivity index (χ4n) is 2.77. The van der Waals surface area contributed by atoms with E-state index >= 15 is 0 Å². The molecule has 0 saturated carbocycles. The molecule has 0 radical (unpaired) electrons. The first-order valence-electron chi connectivity index (χ1n) is 7.96. The fraction of sp³-hybridized carbons (Fsp3) is 0.333. The molecule has 120 valence electrons. The van der Waals surface area contributed by atoms with Gasteiger partial charge in [-0.2, -0.15) is 0 Å². The van der Waals surface area contributed by atoms with Crippen LogP contribution >= 0.6 is 11.6 Å². The lowest BCUT2D eigenvalue weighted by Gasteiger charge is -2.28. The first-order valence-corrected chi connectivity index (χ1v) is 8.34. The molecule has 3 rings (SSSR count). The van der Waals surface area contributed by atoms with Gasteiger partial charge in [-0.3, -0.25) is 9.78 Å². The van der Waals surface area contributed by atoms with Crippen molar-refractivity contribution in [3.05, 3.63) is 58.9 Å². The van der Waals surface area contributed by atoms with Crippen LogP contribution in [0.1, 0.15) is 35.3 Å². The monoisotopic (exact) mass is 329 g/mol. The van der Waals surface area contributed by atoms with Gasteiger partial charge in [0.15, 0.2) is 0 Å². The summed E-state index contributed by atoms with van der Waals surface area (Å²) in [6, 6.07) is 11.3. The number of halogens is 1. The van der Waals surface area contributed by atoms with Gasteiger partial charge in [0, 0.05) is 36.5 Å². The number of carbonyl (C=O) groups is 1. The van der Waals surface area contributed by atoms with Crippen LogP contribution in [0.15, 0.2) is 42.6 Å². The molecule has 1 fully saturated rings. The van der Waals surface area contributed by atoms with Crippen molar-refractivity contribution in [1.82, 2.24) is 10.3 Å². The number of benzene rings is 1. The van der Waals surface area contributed by atoms with Crippen molar-refractivity contribution in [3.8, 4) is 0 Å². The van der Waals surface area contributed by atoms with Gasteiger partial charge in [0.1, 0.15) is 5.69 Å². The van der Waals surface area contributed by atoms with E-state index in [0.717, 1.165) is 24.3 Å². The van der Waals surface area contributed by atoms with Crippen LogP contribution < -0.4 is 10.2 Å². The van der Waals surface area contributed by atoms with Gasteiger partial charge in [-0.1, -0.05) is 23.7 Å². The second-order valence-electron chi connectivity index (χ2n) is 5.76. The molecule has 1 N–H and O–H groups in total. The van der Waals surface area contributed by atoms with E-state index in [4.69, 9.17) is 11.6 Å². The van der Waals surface area contributed by atoms with Crippen molar-refractivity contribution >= 4 is 23.2 Å². The minimum absolute atomic E-state index is 0.154. The molecule has 5 heteroatoms. The summed E-state index contributed by atoms with van der Waals surface area (Å²) in [6.07, 6.45) is 5.41. The Bertz CT molecular complexity index is 666. The van der Waals surface area contributed by atoms with E-state index in [-0.39, 0.29) is 5.91 Å². The van der Waals surface area contributed by atoms with Gasteiger partial charge < -0.3 is 10.2 Å². The van der Waals surface area contributed by atoms with E-state index in [9.17, 15) is 4.79 Å². The third-order valence-corrected chi connectivity index (χ3v) is 4.32. The standard InChI is InChI=1S/C18H20ClN3O/c19-15-6-4-14(5-7-15)13-21-18(23)17-12-16(8-9-20-17)22-10-2-1-3-11-22/h4-9,12H,1-3,10-11,13H2,(H,21,23). The maximum absolute atomic E-state index is 12.3. The lowest BCUT2D eigenvalue weighted by atomic mass is 10.1. The molecule has 1 aromatic carbocycles. The summed E-state index contributed by atoms with van der Waals surface area (Å²) in [7, 11) is 0. The number of anilines is 1. The Balaban J connectivity index is 1.63. The zero-order valence-corrected chi connectivity index (χ0v) is 13.7. The van der Waals surface area contributed by atoms with Crippen molar-refractivity contribution in [2.45, 2.75) is 25.8 Å². The highest BCUT2D eigenvalue weighted by Crippen LogP contribution is 2.19. The SMILES string of the molecule is O=C(NCc1ccc(Cl)cc1)c1cc(N2CCCCC2)ccn1. The quantitative estimate of drug-likeness (QED) is 0.931. The van der Waals surface area contributed by atoms with Crippen LogP contribution in [0.5, 0.6) is 0 Å². The maximum atomic E-state index is 12.3. The molecule has 0 unspecified atom stereocenters. The first-order chi connectivity index (χ1) is 11.2. The first kappa shape index (κ1) is 15.8. The predicted molar refractivity (Wildman–Crippen MR) is 92.9 cm³/mol. The van der Waals surface area contributed by atoms with Crippen LogP contribution in [0.25, 0.3) is 0 Å². The van der Waals surface area contributed by atoms with Gasteiger partial charge in [-0.25, -0.2) is 0 Å². The topological polar surface area (TPSA) is 45.2 Å². The molecule has 2 aromatic rings. The number of hydrogen-bond acceptors (Lipinski definition) is 3. The molecule has 0 atom stereocenters.